The minimum atomic E-state index is -4.90. The van der Waals surface area contributed by atoms with Crippen LogP contribution in [-0.2, 0) is 5.60 Å². The van der Waals surface area contributed by atoms with Gasteiger partial charge in [0.15, 0.2) is 5.60 Å². The van der Waals surface area contributed by atoms with Crippen LogP contribution >= 0.6 is 23.2 Å². The van der Waals surface area contributed by atoms with Gasteiger partial charge in [-0.1, -0.05) is 42.5 Å². The van der Waals surface area contributed by atoms with Gasteiger partial charge in [0, 0.05) is 6.54 Å². The summed E-state index contributed by atoms with van der Waals surface area (Å²) >= 11 is 12.0. The molecule has 26 heavy (non-hydrogen) atoms. The van der Waals surface area contributed by atoms with Gasteiger partial charge in [-0.2, -0.15) is 13.2 Å². The lowest BCUT2D eigenvalue weighted by atomic mass is 9.89. The Bertz CT molecular complexity index is 637. The molecule has 4 nitrogen and oxygen atoms in total. The number of alkyl halides is 3. The zero-order chi connectivity index (χ0) is 19.5. The van der Waals surface area contributed by atoms with Crippen molar-refractivity contribution in [2.75, 3.05) is 11.9 Å². The van der Waals surface area contributed by atoms with Crippen LogP contribution in [0.25, 0.3) is 0 Å². The number of carbonyl (C=O) groups excluding carboxylic acids is 1. The third-order valence-corrected chi connectivity index (χ3v) is 5.27. The van der Waals surface area contributed by atoms with E-state index in [9.17, 15) is 23.1 Å². The smallest absolute Gasteiger partial charge is 0.376 e. The van der Waals surface area contributed by atoms with Gasteiger partial charge in [0.25, 0.3) is 0 Å². The maximum Gasteiger partial charge on any atom is 0.421 e. The largest absolute Gasteiger partial charge is 0.421 e. The van der Waals surface area contributed by atoms with E-state index in [4.69, 9.17) is 23.2 Å². The lowest BCUT2D eigenvalue weighted by molar-refractivity contribution is -0.258. The molecule has 0 spiro atoms. The molecular formula is C17H21Cl2F3N2O2. The van der Waals surface area contributed by atoms with Crippen LogP contribution in [0.1, 0.15) is 44.6 Å². The van der Waals surface area contributed by atoms with Crippen LogP contribution in [0.3, 0.4) is 0 Å². The Balaban J connectivity index is 2.07. The number of carbonyl (C=O) groups is 1. The highest BCUT2D eigenvalue weighted by molar-refractivity contribution is 6.39. The van der Waals surface area contributed by atoms with Gasteiger partial charge in [-0.25, -0.2) is 4.79 Å². The third kappa shape index (κ3) is 4.96. The summed E-state index contributed by atoms with van der Waals surface area (Å²) in [4.78, 5) is 12.0. The van der Waals surface area contributed by atoms with Crippen molar-refractivity contribution in [2.24, 2.45) is 5.92 Å². The van der Waals surface area contributed by atoms with Crippen molar-refractivity contribution in [3.8, 4) is 0 Å². The van der Waals surface area contributed by atoms with Crippen molar-refractivity contribution < 1.29 is 23.1 Å². The second-order valence-electron chi connectivity index (χ2n) is 6.72. The second-order valence-corrected chi connectivity index (χ2v) is 7.54. The fourth-order valence-corrected chi connectivity index (χ4v) is 3.50. The third-order valence-electron chi connectivity index (χ3n) is 4.67. The number of aliphatic hydroxyl groups is 1. The minimum absolute atomic E-state index is 0.00352. The van der Waals surface area contributed by atoms with Crippen molar-refractivity contribution in [1.82, 2.24) is 5.32 Å². The zero-order valence-corrected chi connectivity index (χ0v) is 15.7. The van der Waals surface area contributed by atoms with Crippen LogP contribution in [0.15, 0.2) is 12.1 Å². The lowest BCUT2D eigenvalue weighted by Crippen LogP contribution is -2.39. The number of nitrogens with one attached hydrogen (secondary N) is 2. The van der Waals surface area contributed by atoms with E-state index >= 15 is 0 Å². The lowest BCUT2D eigenvalue weighted by Gasteiger charge is -2.27. The summed E-state index contributed by atoms with van der Waals surface area (Å²) in [6, 6.07) is 1.35. The van der Waals surface area contributed by atoms with Gasteiger partial charge in [0.1, 0.15) is 0 Å². The monoisotopic (exact) mass is 412 g/mol. The molecular weight excluding hydrogens is 392 g/mol. The van der Waals surface area contributed by atoms with Gasteiger partial charge in [-0.3, -0.25) is 0 Å². The van der Waals surface area contributed by atoms with Gasteiger partial charge in [0.2, 0.25) is 0 Å². The molecule has 146 valence electrons. The molecule has 1 aliphatic carbocycles. The molecule has 1 saturated carbocycles. The molecule has 3 N–H and O–H groups in total. The predicted molar refractivity (Wildman–Crippen MR) is 95.7 cm³/mol. The second kappa shape index (κ2) is 8.23. The number of halogens is 5. The summed E-state index contributed by atoms with van der Waals surface area (Å²) in [5.74, 6) is 0.421. The first kappa shape index (κ1) is 21.1. The Kier molecular flexibility index (Phi) is 6.69. The summed E-state index contributed by atoms with van der Waals surface area (Å²) in [5.41, 5.74) is -3.62. The summed E-state index contributed by atoms with van der Waals surface area (Å²) in [5, 5.41) is 14.5. The zero-order valence-electron chi connectivity index (χ0n) is 14.2. The minimum Gasteiger partial charge on any atom is -0.376 e. The van der Waals surface area contributed by atoms with Crippen LogP contribution in [-0.4, -0.2) is 23.9 Å². The van der Waals surface area contributed by atoms with Crippen molar-refractivity contribution in [1.29, 1.82) is 0 Å². The molecule has 1 aliphatic rings. The van der Waals surface area contributed by atoms with E-state index in [1.165, 1.54) is 6.42 Å². The van der Waals surface area contributed by atoms with E-state index < -0.39 is 23.4 Å². The Labute approximate surface area is 160 Å². The molecule has 2 amide bonds. The molecule has 1 atom stereocenters. The van der Waals surface area contributed by atoms with E-state index in [2.05, 4.69) is 10.6 Å². The highest BCUT2D eigenvalue weighted by atomic mass is 35.5. The molecule has 0 aromatic heterocycles. The Morgan fingerprint density at radius 3 is 2.23 bits per heavy atom. The van der Waals surface area contributed by atoms with Crippen molar-refractivity contribution >= 4 is 34.9 Å². The molecule has 9 heteroatoms. The van der Waals surface area contributed by atoms with E-state index in [1.54, 1.807) is 0 Å². The van der Waals surface area contributed by atoms with Crippen molar-refractivity contribution in [3.05, 3.63) is 27.7 Å². The van der Waals surface area contributed by atoms with Gasteiger partial charge in [-0.15, -0.1) is 0 Å². The molecule has 2 rings (SSSR count). The molecule has 0 saturated heterocycles. The Morgan fingerprint density at radius 1 is 1.19 bits per heavy atom. The van der Waals surface area contributed by atoms with E-state index in [0.717, 1.165) is 37.8 Å². The van der Waals surface area contributed by atoms with Crippen LogP contribution in [0.5, 0.6) is 0 Å². The number of anilines is 1. The molecule has 1 aromatic rings. The SMILES string of the molecule is CC(O)(c1cc(Cl)c(NC(=O)NCC2CCCCC2)c(Cl)c1)C(F)(F)F. The topological polar surface area (TPSA) is 61.4 Å². The van der Waals surface area contributed by atoms with E-state index in [0.29, 0.717) is 19.4 Å². The number of hydrogen-bond acceptors (Lipinski definition) is 2. The first-order valence-electron chi connectivity index (χ1n) is 8.36. The average molecular weight is 413 g/mol. The van der Waals surface area contributed by atoms with Crippen LogP contribution < -0.4 is 10.6 Å². The average Bonchev–Trinajstić information content (AvgIpc) is 2.56. The highest BCUT2D eigenvalue weighted by Crippen LogP contribution is 2.42. The highest BCUT2D eigenvalue weighted by Gasteiger charge is 2.51. The molecule has 0 bridgehead atoms. The van der Waals surface area contributed by atoms with Gasteiger partial charge >= 0.3 is 12.2 Å². The van der Waals surface area contributed by atoms with Crippen LogP contribution in [0.4, 0.5) is 23.7 Å². The van der Waals surface area contributed by atoms with Gasteiger partial charge in [-0.05, 0) is 43.4 Å². The maximum absolute atomic E-state index is 13.0. The molecule has 1 fully saturated rings. The molecule has 0 radical (unpaired) electrons. The Morgan fingerprint density at radius 2 is 1.73 bits per heavy atom. The standard InChI is InChI=1S/C17H21Cl2F3N2O2/c1-16(26,17(20,21)22)11-7-12(18)14(13(19)8-11)24-15(25)23-9-10-5-3-2-4-6-10/h7-8,10,26H,2-6,9H2,1H3,(H2,23,24,25). The fraction of sp³-hybridized carbons (Fsp3) is 0.588. The summed E-state index contributed by atoms with van der Waals surface area (Å²) in [6.07, 6.45) is 0.721. The van der Waals surface area contributed by atoms with Crippen molar-refractivity contribution in [2.45, 2.75) is 50.8 Å². The predicted octanol–water partition coefficient (Wildman–Crippen LogP) is 5.47. The quantitative estimate of drug-likeness (QED) is 0.614. The maximum atomic E-state index is 13.0. The summed E-state index contributed by atoms with van der Waals surface area (Å²) in [7, 11) is 0. The summed E-state index contributed by atoms with van der Waals surface area (Å²) in [6.45, 7) is 1.13. The van der Waals surface area contributed by atoms with Gasteiger partial charge < -0.3 is 15.7 Å². The molecule has 0 aliphatic heterocycles. The number of rotatable bonds is 4. The van der Waals surface area contributed by atoms with Crippen LogP contribution in [0.2, 0.25) is 10.0 Å². The fourth-order valence-electron chi connectivity index (χ4n) is 2.92. The molecule has 1 unspecified atom stereocenters. The first-order chi connectivity index (χ1) is 12.0. The first-order valence-corrected chi connectivity index (χ1v) is 9.11. The van der Waals surface area contributed by atoms with Crippen LogP contribution in [0, 0.1) is 5.92 Å². The van der Waals surface area contributed by atoms with E-state index in [-0.39, 0.29) is 15.7 Å². The van der Waals surface area contributed by atoms with Gasteiger partial charge in [0.05, 0.1) is 15.7 Å². The number of urea groups is 1. The van der Waals surface area contributed by atoms with Crippen molar-refractivity contribution in [3.63, 3.8) is 0 Å². The number of amides is 2. The normalized spacial score (nSPS) is 18.3. The Hall–Kier alpha value is -1.18. The summed E-state index contributed by atoms with van der Waals surface area (Å²) < 4.78 is 38.9. The number of benzene rings is 1. The number of hydrogen-bond donors (Lipinski definition) is 3. The molecule has 1 aromatic carbocycles. The molecule has 0 heterocycles. The van der Waals surface area contributed by atoms with E-state index in [1.807, 2.05) is 0 Å².